The Kier molecular flexibility index (Phi) is 10.3. The molecule has 32 heavy (non-hydrogen) atoms. The number of esters is 1. The molecule has 3 N–H and O–H groups in total. The number of carbonyl (C=O) groups is 3. The predicted octanol–water partition coefficient (Wildman–Crippen LogP) is 2.87. The van der Waals surface area contributed by atoms with Gasteiger partial charge in [0.2, 0.25) is 5.91 Å². The Morgan fingerprint density at radius 1 is 1.03 bits per heavy atom. The molecule has 2 aromatic carbocycles. The highest BCUT2D eigenvalue weighted by Gasteiger charge is 2.25. The van der Waals surface area contributed by atoms with Crippen LogP contribution in [0.1, 0.15) is 17.5 Å². The van der Waals surface area contributed by atoms with E-state index in [9.17, 15) is 19.5 Å². The highest BCUT2D eigenvalue weighted by atomic mass is 35.5. The lowest BCUT2D eigenvalue weighted by Crippen LogP contribution is -2.45. The van der Waals surface area contributed by atoms with Gasteiger partial charge in [-0.1, -0.05) is 59.6 Å². The van der Waals surface area contributed by atoms with E-state index in [2.05, 4.69) is 10.6 Å². The van der Waals surface area contributed by atoms with Crippen LogP contribution in [0.5, 0.6) is 0 Å². The molecule has 2 aromatic rings. The molecule has 0 radical (unpaired) electrons. The fourth-order valence-corrected chi connectivity index (χ4v) is 3.33. The van der Waals surface area contributed by atoms with Crippen LogP contribution in [-0.2, 0) is 32.1 Å². The average Bonchev–Trinajstić information content (AvgIpc) is 2.78. The molecule has 0 bridgehead atoms. The highest BCUT2D eigenvalue weighted by Crippen LogP contribution is 2.25. The monoisotopic (exact) mass is 482 g/mol. The highest BCUT2D eigenvalue weighted by molar-refractivity contribution is 6.36. The van der Waals surface area contributed by atoms with Crippen molar-refractivity contribution in [3.63, 3.8) is 0 Å². The molecule has 0 fully saturated rings. The van der Waals surface area contributed by atoms with Gasteiger partial charge in [0.25, 0.3) is 0 Å². The molecule has 2 rings (SSSR count). The third-order valence-electron chi connectivity index (χ3n) is 4.41. The Morgan fingerprint density at radius 3 is 2.31 bits per heavy atom. The number of methoxy groups -OCH3 is 1. The van der Waals surface area contributed by atoms with Gasteiger partial charge in [-0.3, -0.25) is 4.79 Å². The molecule has 172 valence electrons. The molecule has 8 nitrogen and oxygen atoms in total. The zero-order chi connectivity index (χ0) is 23.5. The molecular weight excluding hydrogens is 459 g/mol. The van der Waals surface area contributed by atoms with Gasteiger partial charge in [-0.2, -0.15) is 0 Å². The summed E-state index contributed by atoms with van der Waals surface area (Å²) < 4.78 is 9.77. The second-order valence-corrected chi connectivity index (χ2v) is 7.66. The summed E-state index contributed by atoms with van der Waals surface area (Å²) in [4.78, 5) is 36.2. The van der Waals surface area contributed by atoms with E-state index >= 15 is 0 Å². The summed E-state index contributed by atoms with van der Waals surface area (Å²) >= 11 is 12.3. The van der Waals surface area contributed by atoms with Gasteiger partial charge in [-0.15, -0.1) is 0 Å². The second kappa shape index (κ2) is 12.9. The molecule has 0 aliphatic carbocycles. The van der Waals surface area contributed by atoms with Gasteiger partial charge in [0, 0.05) is 23.0 Å². The van der Waals surface area contributed by atoms with Crippen LogP contribution in [0.25, 0.3) is 0 Å². The largest absolute Gasteiger partial charge is 0.467 e. The summed E-state index contributed by atoms with van der Waals surface area (Å²) in [6.45, 7) is -0.130. The SMILES string of the molecule is COC(=O)[C@@H](Cc1c(Cl)cccc1Cl)NC(=O)C[C@H](O)CNC(=O)OCc1ccccc1. The first kappa shape index (κ1) is 25.5. The molecule has 0 spiro atoms. The van der Waals surface area contributed by atoms with Crippen molar-refractivity contribution in [1.29, 1.82) is 0 Å². The minimum atomic E-state index is -1.19. The maximum atomic E-state index is 12.3. The Morgan fingerprint density at radius 2 is 1.69 bits per heavy atom. The number of hydrogen-bond donors (Lipinski definition) is 3. The van der Waals surface area contributed by atoms with Crippen molar-refractivity contribution in [1.82, 2.24) is 10.6 Å². The minimum absolute atomic E-state index is 0.0110. The predicted molar refractivity (Wildman–Crippen MR) is 119 cm³/mol. The molecule has 0 saturated carbocycles. The van der Waals surface area contributed by atoms with E-state index in [-0.39, 0.29) is 26.0 Å². The van der Waals surface area contributed by atoms with Crippen LogP contribution in [-0.4, -0.2) is 48.9 Å². The van der Waals surface area contributed by atoms with Gasteiger partial charge < -0.3 is 25.2 Å². The van der Waals surface area contributed by atoms with Gasteiger partial charge in [-0.05, 0) is 23.3 Å². The maximum absolute atomic E-state index is 12.3. The van der Waals surface area contributed by atoms with Gasteiger partial charge in [0.15, 0.2) is 0 Å². The topological polar surface area (TPSA) is 114 Å². The number of aliphatic hydroxyl groups is 1. The Hall–Kier alpha value is -2.81. The third-order valence-corrected chi connectivity index (χ3v) is 5.11. The summed E-state index contributed by atoms with van der Waals surface area (Å²) in [5.41, 5.74) is 1.30. The van der Waals surface area contributed by atoms with Crippen LogP contribution in [0.3, 0.4) is 0 Å². The maximum Gasteiger partial charge on any atom is 0.407 e. The lowest BCUT2D eigenvalue weighted by molar-refractivity contribution is -0.145. The molecule has 2 amide bonds. The number of carbonyl (C=O) groups excluding carboxylic acids is 3. The van der Waals surface area contributed by atoms with E-state index in [1.165, 1.54) is 7.11 Å². The molecule has 0 saturated heterocycles. The number of halogens is 2. The van der Waals surface area contributed by atoms with Crippen molar-refractivity contribution in [2.45, 2.75) is 31.6 Å². The molecule has 0 aliphatic heterocycles. The lowest BCUT2D eigenvalue weighted by atomic mass is 10.1. The molecular formula is C22H24Cl2N2O6. The number of ether oxygens (including phenoxy) is 2. The van der Waals surface area contributed by atoms with E-state index in [0.29, 0.717) is 15.6 Å². The van der Waals surface area contributed by atoms with Gasteiger partial charge in [0.05, 0.1) is 19.6 Å². The van der Waals surface area contributed by atoms with Crippen molar-refractivity contribution in [2.24, 2.45) is 0 Å². The first-order valence-electron chi connectivity index (χ1n) is 9.72. The van der Waals surface area contributed by atoms with E-state index in [0.717, 1.165) is 5.56 Å². The van der Waals surface area contributed by atoms with Crippen LogP contribution >= 0.6 is 23.2 Å². The average molecular weight is 483 g/mol. The number of hydrogen-bond acceptors (Lipinski definition) is 6. The summed E-state index contributed by atoms with van der Waals surface area (Å²) in [5, 5.41) is 15.6. The molecule has 0 aromatic heterocycles. The van der Waals surface area contributed by atoms with Gasteiger partial charge in [0.1, 0.15) is 12.6 Å². The van der Waals surface area contributed by atoms with Crippen molar-refractivity contribution in [3.05, 3.63) is 69.7 Å². The molecule has 10 heteroatoms. The number of alkyl carbamates (subject to hydrolysis) is 1. The van der Waals surface area contributed by atoms with Crippen molar-refractivity contribution >= 4 is 41.2 Å². The van der Waals surface area contributed by atoms with Crippen molar-refractivity contribution in [2.75, 3.05) is 13.7 Å². The van der Waals surface area contributed by atoms with E-state index in [1.54, 1.807) is 30.3 Å². The van der Waals surface area contributed by atoms with Crippen LogP contribution in [0.2, 0.25) is 10.0 Å². The summed E-state index contributed by atoms with van der Waals surface area (Å²) in [6.07, 6.45) is -2.27. The first-order chi connectivity index (χ1) is 15.3. The number of rotatable bonds is 10. The molecule has 0 heterocycles. The fourth-order valence-electron chi connectivity index (χ4n) is 2.78. The summed E-state index contributed by atoms with van der Waals surface area (Å²) in [6, 6.07) is 12.9. The number of nitrogens with one attached hydrogen (secondary N) is 2. The van der Waals surface area contributed by atoms with Crippen molar-refractivity contribution < 1.29 is 29.0 Å². The molecule has 2 atom stereocenters. The Labute approximate surface area is 195 Å². The Balaban J connectivity index is 1.82. The summed E-state index contributed by atoms with van der Waals surface area (Å²) in [7, 11) is 1.19. The smallest absolute Gasteiger partial charge is 0.407 e. The van der Waals surface area contributed by atoms with E-state index in [1.807, 2.05) is 18.2 Å². The normalized spacial score (nSPS) is 12.4. The molecule has 0 aliphatic rings. The second-order valence-electron chi connectivity index (χ2n) is 6.85. The zero-order valence-corrected chi connectivity index (χ0v) is 18.9. The van der Waals surface area contributed by atoms with Gasteiger partial charge >= 0.3 is 12.1 Å². The third kappa shape index (κ3) is 8.37. The quantitative estimate of drug-likeness (QED) is 0.448. The standard InChI is InChI=1S/C22H24Cl2N2O6/c1-31-21(29)19(11-16-17(23)8-5-9-18(16)24)26-20(28)10-15(27)12-25-22(30)32-13-14-6-3-2-4-7-14/h2-9,15,19,27H,10-13H2,1H3,(H,25,30)(H,26,28)/t15-,19+/m0/s1. The number of aliphatic hydroxyl groups excluding tert-OH is 1. The number of benzene rings is 2. The lowest BCUT2D eigenvalue weighted by Gasteiger charge is -2.19. The van der Waals surface area contributed by atoms with Crippen LogP contribution in [0, 0.1) is 0 Å². The van der Waals surface area contributed by atoms with Crippen molar-refractivity contribution in [3.8, 4) is 0 Å². The van der Waals surface area contributed by atoms with E-state index in [4.69, 9.17) is 32.7 Å². The fraction of sp³-hybridized carbons (Fsp3) is 0.318. The first-order valence-corrected chi connectivity index (χ1v) is 10.5. The van der Waals surface area contributed by atoms with E-state index < -0.39 is 30.1 Å². The summed E-state index contributed by atoms with van der Waals surface area (Å²) in [5.74, 6) is -1.30. The molecule has 0 unspecified atom stereocenters. The zero-order valence-electron chi connectivity index (χ0n) is 17.3. The van der Waals surface area contributed by atoms with Gasteiger partial charge in [-0.25, -0.2) is 9.59 Å². The van der Waals surface area contributed by atoms with Crippen LogP contribution in [0.4, 0.5) is 4.79 Å². The minimum Gasteiger partial charge on any atom is -0.467 e. The number of amides is 2. The Bertz CT molecular complexity index is 906. The van der Waals surface area contributed by atoms with Crippen LogP contribution in [0.15, 0.2) is 48.5 Å². The van der Waals surface area contributed by atoms with Crippen LogP contribution < -0.4 is 10.6 Å².